The summed E-state index contributed by atoms with van der Waals surface area (Å²) in [5, 5.41) is 12.5. The van der Waals surface area contributed by atoms with E-state index in [-0.39, 0.29) is 17.3 Å². The van der Waals surface area contributed by atoms with Gasteiger partial charge in [-0.25, -0.2) is 9.97 Å². The minimum Gasteiger partial charge on any atom is -0.394 e. The van der Waals surface area contributed by atoms with Crippen molar-refractivity contribution in [3.8, 4) is 0 Å². The minimum absolute atomic E-state index is 0.0765. The van der Waals surface area contributed by atoms with Crippen LogP contribution in [0.15, 0.2) is 0 Å². The van der Waals surface area contributed by atoms with Crippen LogP contribution in [0.25, 0.3) is 0 Å². The van der Waals surface area contributed by atoms with E-state index in [1.807, 2.05) is 0 Å². The Balaban J connectivity index is 2.28. The second-order valence-electron chi connectivity index (χ2n) is 3.89. The Morgan fingerprint density at radius 3 is 2.73 bits per heavy atom. The highest BCUT2D eigenvalue weighted by Gasteiger charge is 2.42. The van der Waals surface area contributed by atoms with Gasteiger partial charge in [0.05, 0.1) is 12.1 Å². The first kappa shape index (κ1) is 10.4. The summed E-state index contributed by atoms with van der Waals surface area (Å²) >= 11 is 5.83. The first-order valence-electron chi connectivity index (χ1n) is 4.75. The maximum absolute atomic E-state index is 9.17. The number of nitrogens with zero attached hydrogens (tertiary/aromatic N) is 2. The van der Waals surface area contributed by atoms with Gasteiger partial charge < -0.3 is 16.2 Å². The van der Waals surface area contributed by atoms with Crippen molar-refractivity contribution >= 4 is 23.1 Å². The molecular formula is C9H13ClN4O. The molecule has 0 atom stereocenters. The predicted molar refractivity (Wildman–Crippen MR) is 58.9 cm³/mol. The van der Waals surface area contributed by atoms with E-state index in [4.69, 9.17) is 22.4 Å². The van der Waals surface area contributed by atoms with Crippen molar-refractivity contribution in [1.82, 2.24) is 9.97 Å². The quantitative estimate of drug-likeness (QED) is 0.671. The van der Waals surface area contributed by atoms with Gasteiger partial charge in [0.2, 0.25) is 0 Å². The average molecular weight is 229 g/mol. The summed E-state index contributed by atoms with van der Waals surface area (Å²) < 4.78 is 0. The summed E-state index contributed by atoms with van der Waals surface area (Å²) in [5.41, 5.74) is 5.82. The molecule has 1 fully saturated rings. The van der Waals surface area contributed by atoms with Crippen molar-refractivity contribution in [3.63, 3.8) is 0 Å². The van der Waals surface area contributed by atoms with E-state index in [2.05, 4.69) is 15.3 Å². The zero-order valence-corrected chi connectivity index (χ0v) is 9.17. The average Bonchev–Trinajstić information content (AvgIpc) is 2.94. The number of halogens is 1. The normalized spacial score (nSPS) is 17.5. The molecule has 0 bridgehead atoms. The van der Waals surface area contributed by atoms with Gasteiger partial charge in [-0.05, 0) is 19.8 Å². The van der Waals surface area contributed by atoms with Crippen LogP contribution in [0.1, 0.15) is 18.7 Å². The number of hydrogen-bond acceptors (Lipinski definition) is 5. The first-order chi connectivity index (χ1) is 7.06. The monoisotopic (exact) mass is 228 g/mol. The second-order valence-corrected chi connectivity index (χ2v) is 4.25. The Bertz CT molecular complexity index is 392. The third kappa shape index (κ3) is 1.98. The summed E-state index contributed by atoms with van der Waals surface area (Å²) in [6.07, 6.45) is 1.84. The Morgan fingerprint density at radius 1 is 1.53 bits per heavy atom. The number of anilines is 2. The zero-order chi connectivity index (χ0) is 11.1. The van der Waals surface area contributed by atoms with Gasteiger partial charge in [0.1, 0.15) is 11.5 Å². The summed E-state index contributed by atoms with van der Waals surface area (Å²) in [4.78, 5) is 8.10. The molecule has 0 radical (unpaired) electrons. The molecule has 1 aliphatic carbocycles. The van der Waals surface area contributed by atoms with Gasteiger partial charge in [0, 0.05) is 0 Å². The van der Waals surface area contributed by atoms with Crippen LogP contribution in [0.3, 0.4) is 0 Å². The fourth-order valence-electron chi connectivity index (χ4n) is 1.37. The molecule has 0 unspecified atom stereocenters. The van der Waals surface area contributed by atoms with Crippen molar-refractivity contribution in [2.24, 2.45) is 0 Å². The lowest BCUT2D eigenvalue weighted by molar-refractivity contribution is 0.266. The van der Waals surface area contributed by atoms with Crippen LogP contribution < -0.4 is 11.1 Å². The van der Waals surface area contributed by atoms with Gasteiger partial charge in [-0.2, -0.15) is 0 Å². The molecule has 1 heterocycles. The Morgan fingerprint density at radius 2 is 2.20 bits per heavy atom. The number of nitrogens with one attached hydrogen (secondary N) is 1. The standard InChI is InChI=1S/C9H13ClN4O/c1-5-12-7(10)6(11)8(13-5)14-9(4-15)2-3-9/h15H,2-4,11H2,1H3,(H,12,13,14). The smallest absolute Gasteiger partial charge is 0.157 e. The van der Waals surface area contributed by atoms with E-state index in [1.165, 1.54) is 0 Å². The van der Waals surface area contributed by atoms with Gasteiger partial charge in [-0.3, -0.25) is 0 Å². The highest BCUT2D eigenvalue weighted by Crippen LogP contribution is 2.39. The number of nitrogen functional groups attached to an aromatic ring is 1. The Kier molecular flexibility index (Phi) is 2.44. The number of aliphatic hydroxyl groups is 1. The summed E-state index contributed by atoms with van der Waals surface area (Å²) in [6.45, 7) is 1.82. The van der Waals surface area contributed by atoms with Crippen LogP contribution in [-0.2, 0) is 0 Å². The van der Waals surface area contributed by atoms with Crippen LogP contribution in [0.4, 0.5) is 11.5 Å². The maximum atomic E-state index is 9.17. The number of rotatable bonds is 3. The predicted octanol–water partition coefficient (Wildman–Crippen LogP) is 0.957. The van der Waals surface area contributed by atoms with Crippen LogP contribution in [-0.4, -0.2) is 27.2 Å². The van der Waals surface area contributed by atoms with Crippen molar-refractivity contribution in [1.29, 1.82) is 0 Å². The van der Waals surface area contributed by atoms with E-state index in [9.17, 15) is 0 Å². The lowest BCUT2D eigenvalue weighted by atomic mass is 10.3. The molecule has 0 aliphatic heterocycles. The Labute approximate surface area is 92.7 Å². The molecule has 1 aromatic heterocycles. The topological polar surface area (TPSA) is 84.1 Å². The molecule has 6 heteroatoms. The molecule has 1 aromatic rings. The molecule has 1 aliphatic rings. The maximum Gasteiger partial charge on any atom is 0.157 e. The fraction of sp³-hybridized carbons (Fsp3) is 0.556. The zero-order valence-electron chi connectivity index (χ0n) is 8.42. The lowest BCUT2D eigenvalue weighted by Crippen LogP contribution is -2.27. The van der Waals surface area contributed by atoms with Gasteiger partial charge in [0.25, 0.3) is 0 Å². The van der Waals surface area contributed by atoms with E-state index >= 15 is 0 Å². The van der Waals surface area contributed by atoms with E-state index in [0.29, 0.717) is 17.3 Å². The van der Waals surface area contributed by atoms with Crippen LogP contribution >= 0.6 is 11.6 Å². The van der Waals surface area contributed by atoms with Crippen molar-refractivity contribution in [3.05, 3.63) is 11.0 Å². The minimum atomic E-state index is -0.252. The molecule has 1 saturated carbocycles. The molecule has 0 aromatic carbocycles. The Hall–Kier alpha value is -1.07. The number of aryl methyl sites for hydroxylation is 1. The van der Waals surface area contributed by atoms with E-state index in [0.717, 1.165) is 12.8 Å². The third-order valence-corrected chi connectivity index (χ3v) is 2.84. The summed E-state index contributed by atoms with van der Waals surface area (Å²) in [7, 11) is 0. The molecule has 82 valence electrons. The largest absolute Gasteiger partial charge is 0.394 e. The van der Waals surface area contributed by atoms with Crippen molar-refractivity contribution in [2.45, 2.75) is 25.3 Å². The molecule has 0 saturated heterocycles. The number of aliphatic hydroxyl groups excluding tert-OH is 1. The molecule has 15 heavy (non-hydrogen) atoms. The highest BCUT2D eigenvalue weighted by atomic mass is 35.5. The van der Waals surface area contributed by atoms with Crippen LogP contribution in [0.2, 0.25) is 5.15 Å². The highest BCUT2D eigenvalue weighted by molar-refractivity contribution is 6.32. The summed E-state index contributed by atoms with van der Waals surface area (Å²) in [6, 6.07) is 0. The van der Waals surface area contributed by atoms with Crippen molar-refractivity contribution in [2.75, 3.05) is 17.7 Å². The van der Waals surface area contributed by atoms with E-state index in [1.54, 1.807) is 6.92 Å². The summed E-state index contributed by atoms with van der Waals surface area (Å²) in [5.74, 6) is 1.07. The van der Waals surface area contributed by atoms with Crippen LogP contribution in [0, 0.1) is 6.92 Å². The number of hydrogen-bond donors (Lipinski definition) is 3. The molecule has 4 N–H and O–H groups in total. The fourth-order valence-corrected chi connectivity index (χ4v) is 1.58. The van der Waals surface area contributed by atoms with Gasteiger partial charge in [0.15, 0.2) is 11.0 Å². The lowest BCUT2D eigenvalue weighted by Gasteiger charge is -2.17. The number of nitrogens with two attached hydrogens (primary N) is 1. The van der Waals surface area contributed by atoms with E-state index < -0.39 is 0 Å². The molecular weight excluding hydrogens is 216 g/mol. The van der Waals surface area contributed by atoms with Crippen LogP contribution in [0.5, 0.6) is 0 Å². The second kappa shape index (κ2) is 3.50. The van der Waals surface area contributed by atoms with Gasteiger partial charge >= 0.3 is 0 Å². The first-order valence-corrected chi connectivity index (χ1v) is 5.13. The molecule has 5 nitrogen and oxygen atoms in total. The van der Waals surface area contributed by atoms with Gasteiger partial charge in [-0.1, -0.05) is 11.6 Å². The molecule has 0 spiro atoms. The van der Waals surface area contributed by atoms with Crippen molar-refractivity contribution < 1.29 is 5.11 Å². The third-order valence-electron chi connectivity index (χ3n) is 2.55. The number of aromatic nitrogens is 2. The van der Waals surface area contributed by atoms with Gasteiger partial charge in [-0.15, -0.1) is 0 Å². The molecule has 0 amide bonds. The molecule has 2 rings (SSSR count). The SMILES string of the molecule is Cc1nc(Cl)c(N)c(NC2(CO)CC2)n1.